The molecule has 38 heavy (non-hydrogen) atoms. The van der Waals surface area contributed by atoms with Crippen molar-refractivity contribution in [1.29, 1.82) is 0 Å². The highest BCUT2D eigenvalue weighted by Gasteiger charge is 2.36. The number of aromatic nitrogens is 2. The van der Waals surface area contributed by atoms with Crippen molar-refractivity contribution in [2.24, 2.45) is 5.92 Å². The number of likely N-dealkylation sites (tertiary alicyclic amines) is 1. The van der Waals surface area contributed by atoms with Gasteiger partial charge in [0.1, 0.15) is 5.82 Å². The van der Waals surface area contributed by atoms with Gasteiger partial charge in [-0.1, -0.05) is 0 Å². The number of hydrogen-bond donors (Lipinski definition) is 1. The third-order valence-corrected chi connectivity index (χ3v) is 7.49. The molecule has 0 bridgehead atoms. The number of carbonyl (C=O) groups excluding carboxylic acids is 1. The Morgan fingerprint density at radius 3 is 2.58 bits per heavy atom. The second kappa shape index (κ2) is 10.1. The zero-order valence-electron chi connectivity index (χ0n) is 21.7. The monoisotopic (exact) mass is 533 g/mol. The van der Waals surface area contributed by atoms with Crippen LogP contribution in [-0.2, 0) is 4.74 Å². The number of morpholine rings is 1. The largest absolute Gasteiger partial charge is 0.389 e. The average molecular weight is 534 g/mol. The van der Waals surface area contributed by atoms with E-state index in [1.807, 2.05) is 30.5 Å². The van der Waals surface area contributed by atoms with Crippen molar-refractivity contribution in [3.05, 3.63) is 47.2 Å². The highest BCUT2D eigenvalue weighted by molar-refractivity contribution is 5.91. The molecule has 2 fully saturated rings. The van der Waals surface area contributed by atoms with Crippen LogP contribution in [0.25, 0.3) is 16.8 Å². The summed E-state index contributed by atoms with van der Waals surface area (Å²) < 4.78 is 60.8. The molecule has 1 N–H and O–H groups in total. The second-order valence-electron chi connectivity index (χ2n) is 10.2. The lowest BCUT2D eigenvalue weighted by Gasteiger charge is -2.29. The van der Waals surface area contributed by atoms with Gasteiger partial charge in [-0.2, -0.15) is 13.2 Å². The van der Waals surface area contributed by atoms with Crippen LogP contribution in [0, 0.1) is 32.5 Å². The second-order valence-corrected chi connectivity index (χ2v) is 10.2. The van der Waals surface area contributed by atoms with Crippen LogP contribution in [-0.4, -0.2) is 65.9 Å². The maximum Gasteiger partial charge on any atom is 0.389 e. The number of anilines is 2. The number of benzene rings is 1. The van der Waals surface area contributed by atoms with E-state index in [0.29, 0.717) is 18.8 Å². The molecule has 2 saturated heterocycles. The summed E-state index contributed by atoms with van der Waals surface area (Å²) in [5, 5.41) is 2.59. The number of amides is 2. The van der Waals surface area contributed by atoms with E-state index in [-0.39, 0.29) is 25.2 Å². The summed E-state index contributed by atoms with van der Waals surface area (Å²) in [6.07, 6.45) is -2.98. The quantitative estimate of drug-likeness (QED) is 0.437. The van der Waals surface area contributed by atoms with Gasteiger partial charge in [0.15, 0.2) is 5.65 Å². The highest BCUT2D eigenvalue weighted by Crippen LogP contribution is 2.35. The Morgan fingerprint density at radius 1 is 1.13 bits per heavy atom. The number of nitrogens with zero attached hydrogens (tertiary/aromatic N) is 4. The summed E-state index contributed by atoms with van der Waals surface area (Å²) in [7, 11) is 0. The molecule has 4 heterocycles. The van der Waals surface area contributed by atoms with Gasteiger partial charge in [0.2, 0.25) is 0 Å². The Balaban J connectivity index is 1.46. The molecular formula is C27H31F4N5O2. The van der Waals surface area contributed by atoms with Crippen molar-refractivity contribution in [1.82, 2.24) is 14.3 Å². The van der Waals surface area contributed by atoms with Crippen LogP contribution in [0.2, 0.25) is 0 Å². The number of aryl methyl sites for hydroxylation is 3. The smallest absolute Gasteiger partial charge is 0.378 e. The van der Waals surface area contributed by atoms with E-state index in [2.05, 4.69) is 10.2 Å². The van der Waals surface area contributed by atoms with Gasteiger partial charge in [-0.3, -0.25) is 0 Å². The number of imidazole rings is 1. The first-order chi connectivity index (χ1) is 18.0. The lowest BCUT2D eigenvalue weighted by atomic mass is 10.00. The molecule has 0 aliphatic carbocycles. The number of rotatable bonds is 4. The Kier molecular flexibility index (Phi) is 6.97. The zero-order chi connectivity index (χ0) is 27.2. The maximum absolute atomic E-state index is 15.0. The van der Waals surface area contributed by atoms with E-state index >= 15 is 0 Å². The molecule has 5 rings (SSSR count). The van der Waals surface area contributed by atoms with Crippen molar-refractivity contribution in [3.63, 3.8) is 0 Å². The standard InChI is InChI=1S/C27H31F4N5O2/c1-16-10-22(28)23(33-26(37)35-5-4-19(14-35)13-27(29,30)31)12-21(16)20-11-24(34-6-8-38-9-7-34)25-32-17(2)18(3)36(25)15-20/h10-12,15,19H,4-9,13-14H2,1-3H3,(H,33,37). The van der Waals surface area contributed by atoms with Crippen LogP contribution in [0.15, 0.2) is 24.4 Å². The summed E-state index contributed by atoms with van der Waals surface area (Å²) >= 11 is 0. The van der Waals surface area contributed by atoms with E-state index in [4.69, 9.17) is 9.72 Å². The minimum absolute atomic E-state index is 0.00941. The third-order valence-electron chi connectivity index (χ3n) is 7.49. The fourth-order valence-electron chi connectivity index (χ4n) is 5.32. The van der Waals surface area contributed by atoms with E-state index in [1.165, 1.54) is 11.0 Å². The topological polar surface area (TPSA) is 62.1 Å². The summed E-state index contributed by atoms with van der Waals surface area (Å²) in [5.74, 6) is -1.25. The molecule has 2 amide bonds. The van der Waals surface area contributed by atoms with Gasteiger partial charge in [0.05, 0.1) is 30.3 Å². The van der Waals surface area contributed by atoms with E-state index in [1.54, 1.807) is 13.0 Å². The van der Waals surface area contributed by atoms with Gasteiger partial charge in [0.25, 0.3) is 0 Å². The van der Waals surface area contributed by atoms with Crippen LogP contribution in [0.3, 0.4) is 0 Å². The molecule has 0 saturated carbocycles. The lowest BCUT2D eigenvalue weighted by Crippen LogP contribution is -2.36. The van der Waals surface area contributed by atoms with Crippen molar-refractivity contribution >= 4 is 23.1 Å². The molecule has 1 aromatic carbocycles. The highest BCUT2D eigenvalue weighted by atomic mass is 19.4. The molecule has 3 aromatic rings. The summed E-state index contributed by atoms with van der Waals surface area (Å²) in [6.45, 7) is 8.61. The molecule has 7 nitrogen and oxygen atoms in total. The molecule has 204 valence electrons. The first-order valence-electron chi connectivity index (χ1n) is 12.8. The predicted molar refractivity (Wildman–Crippen MR) is 137 cm³/mol. The molecule has 1 atom stereocenters. The first-order valence-corrected chi connectivity index (χ1v) is 12.8. The van der Waals surface area contributed by atoms with Gasteiger partial charge in [-0.25, -0.2) is 14.2 Å². The summed E-state index contributed by atoms with van der Waals surface area (Å²) in [6, 6.07) is 4.39. The van der Waals surface area contributed by atoms with Crippen molar-refractivity contribution in [2.75, 3.05) is 49.6 Å². The number of alkyl halides is 3. The van der Waals surface area contributed by atoms with Crippen LogP contribution in [0.1, 0.15) is 29.8 Å². The van der Waals surface area contributed by atoms with Crippen molar-refractivity contribution in [2.45, 2.75) is 39.8 Å². The lowest BCUT2D eigenvalue weighted by molar-refractivity contribution is -0.143. The predicted octanol–water partition coefficient (Wildman–Crippen LogP) is 5.71. The fraction of sp³-hybridized carbons (Fsp3) is 0.481. The van der Waals surface area contributed by atoms with Crippen molar-refractivity contribution in [3.8, 4) is 11.1 Å². The molecule has 11 heteroatoms. The van der Waals surface area contributed by atoms with Gasteiger partial charge >= 0.3 is 12.2 Å². The third kappa shape index (κ3) is 5.29. The van der Waals surface area contributed by atoms with Gasteiger partial charge in [-0.15, -0.1) is 0 Å². The fourth-order valence-corrected chi connectivity index (χ4v) is 5.32. The number of fused-ring (bicyclic) bond motifs is 1. The van der Waals surface area contributed by atoms with Crippen LogP contribution in [0.5, 0.6) is 0 Å². The van der Waals surface area contributed by atoms with E-state index < -0.39 is 30.4 Å². The van der Waals surface area contributed by atoms with Crippen molar-refractivity contribution < 1.29 is 27.1 Å². The SMILES string of the molecule is Cc1cc(F)c(NC(=O)N2CCC(CC(F)(F)F)C2)cc1-c1cc(N2CCOCC2)c2nc(C)c(C)n2c1. The molecule has 2 aliphatic rings. The Labute approximate surface area is 218 Å². The number of carbonyl (C=O) groups is 1. The van der Waals surface area contributed by atoms with E-state index in [9.17, 15) is 22.4 Å². The molecule has 0 spiro atoms. The molecular weight excluding hydrogens is 502 g/mol. The Morgan fingerprint density at radius 2 is 1.87 bits per heavy atom. The number of halogens is 4. The zero-order valence-corrected chi connectivity index (χ0v) is 21.7. The summed E-state index contributed by atoms with van der Waals surface area (Å²) in [4.78, 5) is 21.1. The maximum atomic E-state index is 15.0. The Bertz CT molecular complexity index is 1360. The van der Waals surface area contributed by atoms with Gasteiger partial charge < -0.3 is 24.3 Å². The number of hydrogen-bond acceptors (Lipinski definition) is 4. The van der Waals surface area contributed by atoms with Crippen LogP contribution in [0.4, 0.5) is 33.7 Å². The van der Waals surface area contributed by atoms with Crippen LogP contribution < -0.4 is 10.2 Å². The number of ether oxygens (including phenoxy) is 1. The van der Waals surface area contributed by atoms with Gasteiger partial charge in [0, 0.05) is 50.1 Å². The van der Waals surface area contributed by atoms with Crippen LogP contribution >= 0.6 is 0 Å². The summed E-state index contributed by atoms with van der Waals surface area (Å²) in [5.41, 5.74) is 5.93. The first kappa shape index (κ1) is 26.3. The molecule has 2 aromatic heterocycles. The van der Waals surface area contributed by atoms with E-state index in [0.717, 1.165) is 46.9 Å². The minimum Gasteiger partial charge on any atom is -0.378 e. The Hall–Kier alpha value is -3.34. The number of nitrogens with one attached hydrogen (secondary N) is 1. The minimum atomic E-state index is -4.28. The molecule has 2 aliphatic heterocycles. The van der Waals surface area contributed by atoms with Gasteiger partial charge in [-0.05, 0) is 62.4 Å². The average Bonchev–Trinajstić information content (AvgIpc) is 3.43. The molecule has 1 unspecified atom stereocenters. The normalized spacial score (nSPS) is 18.4. The number of urea groups is 1. The molecule has 0 radical (unpaired) electrons. The number of pyridine rings is 1.